The van der Waals surface area contributed by atoms with E-state index in [1.165, 1.54) is 6.07 Å². The largest absolute Gasteiger partial charge is 0.491 e. The molecule has 0 spiro atoms. The number of aromatic nitrogens is 3. The van der Waals surface area contributed by atoms with Gasteiger partial charge in [-0.1, -0.05) is 6.07 Å². The zero-order valence-corrected chi connectivity index (χ0v) is 14.6. The van der Waals surface area contributed by atoms with Crippen LogP contribution in [0.5, 0.6) is 11.6 Å². The second-order valence-electron chi connectivity index (χ2n) is 5.60. The quantitative estimate of drug-likeness (QED) is 0.731. The number of hydrogen-bond acceptors (Lipinski definition) is 6. The Morgan fingerprint density at radius 1 is 1.04 bits per heavy atom. The molecule has 1 aromatic carbocycles. The van der Waals surface area contributed by atoms with Crippen molar-refractivity contribution < 1.29 is 13.9 Å². The molecule has 7 heteroatoms. The molecule has 3 rings (SSSR count). The molecule has 0 unspecified atom stereocenters. The summed E-state index contributed by atoms with van der Waals surface area (Å²) in [5.41, 5.74) is 8.88. The zero-order valence-electron chi connectivity index (χ0n) is 14.6. The van der Waals surface area contributed by atoms with Gasteiger partial charge in [0.25, 0.3) is 0 Å². The van der Waals surface area contributed by atoms with Crippen molar-refractivity contribution in [3.8, 4) is 22.8 Å². The highest BCUT2D eigenvalue weighted by atomic mass is 19.1. The monoisotopic (exact) mass is 354 g/mol. The van der Waals surface area contributed by atoms with Crippen molar-refractivity contribution in [3.63, 3.8) is 0 Å². The summed E-state index contributed by atoms with van der Waals surface area (Å²) in [5, 5.41) is 0. The maximum atomic E-state index is 13.9. The third-order valence-electron chi connectivity index (χ3n) is 3.78. The first kappa shape index (κ1) is 17.6. The van der Waals surface area contributed by atoms with Gasteiger partial charge < -0.3 is 15.2 Å². The Labute approximate surface area is 150 Å². The molecule has 2 aromatic heterocycles. The number of methoxy groups -OCH3 is 1. The summed E-state index contributed by atoms with van der Waals surface area (Å²) in [4.78, 5) is 12.4. The van der Waals surface area contributed by atoms with Crippen LogP contribution in [0.25, 0.3) is 11.1 Å². The third kappa shape index (κ3) is 3.88. The fraction of sp³-hybridized carbons (Fsp3) is 0.211. The summed E-state index contributed by atoms with van der Waals surface area (Å²) >= 11 is 0. The molecule has 0 aliphatic heterocycles. The molecular weight excluding hydrogens is 335 g/mol. The van der Waals surface area contributed by atoms with Gasteiger partial charge in [-0.05, 0) is 41.8 Å². The summed E-state index contributed by atoms with van der Waals surface area (Å²) in [6.07, 6.45) is 5.67. The fourth-order valence-corrected chi connectivity index (χ4v) is 2.59. The van der Waals surface area contributed by atoms with Crippen molar-refractivity contribution in [1.82, 2.24) is 15.0 Å². The number of halogens is 1. The average Bonchev–Trinajstić information content (AvgIpc) is 2.65. The van der Waals surface area contributed by atoms with E-state index in [0.717, 1.165) is 22.3 Å². The number of nitrogens with zero attached hydrogens (tertiary/aromatic N) is 3. The van der Waals surface area contributed by atoms with Gasteiger partial charge in [0.1, 0.15) is 0 Å². The highest BCUT2D eigenvalue weighted by Gasteiger charge is 2.13. The Bertz CT molecular complexity index is 901. The minimum absolute atomic E-state index is 0.199. The van der Waals surface area contributed by atoms with E-state index < -0.39 is 5.82 Å². The maximum absolute atomic E-state index is 13.9. The molecule has 6 nitrogen and oxygen atoms in total. The van der Waals surface area contributed by atoms with Crippen molar-refractivity contribution in [2.24, 2.45) is 0 Å². The summed E-state index contributed by atoms with van der Waals surface area (Å²) in [6.45, 7) is 2.19. The summed E-state index contributed by atoms with van der Waals surface area (Å²) in [6, 6.07) is 6.65. The first-order chi connectivity index (χ1) is 12.6. The molecule has 0 aliphatic carbocycles. The van der Waals surface area contributed by atoms with Crippen LogP contribution in [0.3, 0.4) is 0 Å². The topological polar surface area (TPSA) is 83.2 Å². The van der Waals surface area contributed by atoms with Gasteiger partial charge in [-0.15, -0.1) is 0 Å². The van der Waals surface area contributed by atoms with Crippen LogP contribution in [0.4, 0.5) is 10.3 Å². The predicted molar refractivity (Wildman–Crippen MR) is 96.6 cm³/mol. The molecule has 0 fully saturated rings. The summed E-state index contributed by atoms with van der Waals surface area (Å²) in [7, 11) is 1.55. The number of nitrogens with two attached hydrogens (primary N) is 1. The Kier molecular flexibility index (Phi) is 5.26. The number of ether oxygens (including phenoxy) is 2. The number of hydrogen-bond donors (Lipinski definition) is 1. The smallest absolute Gasteiger partial charge is 0.221 e. The van der Waals surface area contributed by atoms with Crippen LogP contribution in [-0.4, -0.2) is 28.7 Å². The van der Waals surface area contributed by atoms with Crippen molar-refractivity contribution >= 4 is 5.95 Å². The number of anilines is 1. The van der Waals surface area contributed by atoms with Gasteiger partial charge in [-0.25, -0.2) is 19.3 Å². The molecule has 0 amide bonds. The number of pyridine rings is 1. The van der Waals surface area contributed by atoms with Gasteiger partial charge in [-0.2, -0.15) is 0 Å². The Balaban J connectivity index is 1.97. The predicted octanol–water partition coefficient (Wildman–Crippen LogP) is 3.26. The molecule has 0 saturated heterocycles. The molecular formula is C19H19FN4O2. The molecule has 0 aliphatic rings. The lowest BCUT2D eigenvalue weighted by Gasteiger charge is -2.12. The SMILES string of the molecule is CCOc1cc(-c2cc(Cc3cnc(N)nc3)cnc2OC)ccc1F. The molecule has 0 saturated carbocycles. The van der Waals surface area contributed by atoms with Crippen LogP contribution in [0, 0.1) is 5.82 Å². The summed E-state index contributed by atoms with van der Waals surface area (Å²) in [5.74, 6) is 0.482. The molecule has 3 aromatic rings. The first-order valence-corrected chi connectivity index (χ1v) is 8.12. The minimum atomic E-state index is -0.405. The lowest BCUT2D eigenvalue weighted by molar-refractivity contribution is 0.321. The van der Waals surface area contributed by atoms with E-state index in [1.54, 1.807) is 37.8 Å². The van der Waals surface area contributed by atoms with Crippen molar-refractivity contribution in [2.45, 2.75) is 13.3 Å². The number of nitrogen functional groups attached to an aromatic ring is 1. The van der Waals surface area contributed by atoms with Crippen LogP contribution in [0.2, 0.25) is 0 Å². The van der Waals surface area contributed by atoms with Gasteiger partial charge in [0, 0.05) is 30.6 Å². The first-order valence-electron chi connectivity index (χ1n) is 8.12. The van der Waals surface area contributed by atoms with Gasteiger partial charge >= 0.3 is 0 Å². The van der Waals surface area contributed by atoms with Crippen LogP contribution in [-0.2, 0) is 6.42 Å². The van der Waals surface area contributed by atoms with Crippen molar-refractivity contribution in [3.05, 3.63) is 59.8 Å². The molecule has 0 radical (unpaired) electrons. The van der Waals surface area contributed by atoms with E-state index in [4.69, 9.17) is 15.2 Å². The lowest BCUT2D eigenvalue weighted by atomic mass is 10.0. The second kappa shape index (κ2) is 7.77. The van der Waals surface area contributed by atoms with Crippen molar-refractivity contribution in [1.29, 1.82) is 0 Å². The molecule has 26 heavy (non-hydrogen) atoms. The van der Waals surface area contributed by atoms with E-state index in [0.29, 0.717) is 18.9 Å². The Morgan fingerprint density at radius 2 is 1.77 bits per heavy atom. The second-order valence-corrected chi connectivity index (χ2v) is 5.60. The van der Waals surface area contributed by atoms with Gasteiger partial charge in [-0.3, -0.25) is 0 Å². The third-order valence-corrected chi connectivity index (χ3v) is 3.78. The van der Waals surface area contributed by atoms with Gasteiger partial charge in [0.15, 0.2) is 11.6 Å². The van der Waals surface area contributed by atoms with Crippen LogP contribution in [0.15, 0.2) is 42.9 Å². The summed E-state index contributed by atoms with van der Waals surface area (Å²) < 4.78 is 24.6. The van der Waals surface area contributed by atoms with E-state index in [2.05, 4.69) is 15.0 Å². The minimum Gasteiger partial charge on any atom is -0.491 e. The van der Waals surface area contributed by atoms with Gasteiger partial charge in [0.2, 0.25) is 11.8 Å². The van der Waals surface area contributed by atoms with E-state index in [-0.39, 0.29) is 11.7 Å². The lowest BCUT2D eigenvalue weighted by Crippen LogP contribution is -1.99. The normalized spacial score (nSPS) is 10.6. The Morgan fingerprint density at radius 3 is 2.46 bits per heavy atom. The van der Waals surface area contributed by atoms with E-state index >= 15 is 0 Å². The van der Waals surface area contributed by atoms with Crippen LogP contribution < -0.4 is 15.2 Å². The maximum Gasteiger partial charge on any atom is 0.221 e. The fourth-order valence-electron chi connectivity index (χ4n) is 2.59. The molecule has 0 bridgehead atoms. The number of benzene rings is 1. The van der Waals surface area contributed by atoms with Crippen LogP contribution in [0.1, 0.15) is 18.1 Å². The Hall–Kier alpha value is -3.22. The van der Waals surface area contributed by atoms with E-state index in [9.17, 15) is 4.39 Å². The highest BCUT2D eigenvalue weighted by Crippen LogP contribution is 2.32. The average molecular weight is 354 g/mol. The molecule has 0 atom stereocenters. The molecule has 2 N–H and O–H groups in total. The van der Waals surface area contributed by atoms with E-state index in [1.807, 2.05) is 13.0 Å². The zero-order chi connectivity index (χ0) is 18.5. The standard InChI is InChI=1S/C19H19FN4O2/c1-3-26-17-8-14(4-5-16(17)20)15-7-12(9-22-18(15)25-2)6-13-10-23-19(21)24-11-13/h4-5,7-11H,3,6H2,1-2H3,(H2,21,23,24). The highest BCUT2D eigenvalue weighted by molar-refractivity contribution is 5.70. The van der Waals surface area contributed by atoms with Crippen molar-refractivity contribution in [2.75, 3.05) is 19.5 Å². The van der Waals surface area contributed by atoms with Crippen LogP contribution >= 0.6 is 0 Å². The van der Waals surface area contributed by atoms with Gasteiger partial charge in [0.05, 0.1) is 13.7 Å². The number of rotatable bonds is 6. The molecule has 134 valence electrons. The molecule has 2 heterocycles.